The van der Waals surface area contributed by atoms with E-state index in [0.29, 0.717) is 25.0 Å². The molecule has 2 fully saturated rings. The Kier molecular flexibility index (Phi) is 2.87. The minimum absolute atomic E-state index is 0.0444. The van der Waals surface area contributed by atoms with Gasteiger partial charge in [0, 0.05) is 25.1 Å². The number of carbonyl (C=O) groups excluding carboxylic acids is 1. The van der Waals surface area contributed by atoms with E-state index in [2.05, 4.69) is 11.9 Å². The van der Waals surface area contributed by atoms with E-state index < -0.39 is 17.1 Å². The summed E-state index contributed by atoms with van der Waals surface area (Å²) < 4.78 is 6.01. The van der Waals surface area contributed by atoms with Crippen molar-refractivity contribution in [1.29, 1.82) is 0 Å². The number of aromatic hydroxyl groups is 1. The molecule has 5 rings (SSSR count). The molecule has 5 nitrogen and oxygen atoms in total. The van der Waals surface area contributed by atoms with Gasteiger partial charge in [-0.2, -0.15) is 0 Å². The first-order valence-electron chi connectivity index (χ1n) is 9.03. The van der Waals surface area contributed by atoms with Gasteiger partial charge >= 0.3 is 0 Å². The molecule has 0 radical (unpaired) electrons. The van der Waals surface area contributed by atoms with Crippen LogP contribution in [0.4, 0.5) is 0 Å². The lowest BCUT2D eigenvalue weighted by molar-refractivity contribution is -0.144. The van der Waals surface area contributed by atoms with Crippen molar-refractivity contribution in [1.82, 2.24) is 5.32 Å². The Labute approximate surface area is 146 Å². The van der Waals surface area contributed by atoms with Crippen LogP contribution in [-0.2, 0) is 16.6 Å². The number of phenols is 1. The number of ketones is 1. The second kappa shape index (κ2) is 4.65. The van der Waals surface area contributed by atoms with Crippen LogP contribution in [-0.4, -0.2) is 40.8 Å². The third-order valence-corrected chi connectivity index (χ3v) is 6.94. The molecule has 3 N–H and O–H groups in total. The van der Waals surface area contributed by atoms with Gasteiger partial charge in [0.15, 0.2) is 23.4 Å². The summed E-state index contributed by atoms with van der Waals surface area (Å²) in [6.07, 6.45) is 4.19. The summed E-state index contributed by atoms with van der Waals surface area (Å²) in [5, 5.41) is 25.4. The highest BCUT2D eigenvalue weighted by molar-refractivity contribution is 5.90. The van der Waals surface area contributed by atoms with Crippen molar-refractivity contribution in [2.24, 2.45) is 5.41 Å². The quantitative estimate of drug-likeness (QED) is 0.573. The van der Waals surface area contributed by atoms with Gasteiger partial charge in [-0.3, -0.25) is 4.79 Å². The van der Waals surface area contributed by atoms with Gasteiger partial charge in [0.2, 0.25) is 0 Å². The first-order chi connectivity index (χ1) is 11.9. The van der Waals surface area contributed by atoms with Crippen LogP contribution in [0.5, 0.6) is 11.5 Å². The SMILES string of the molecule is C=CCNCC12Cc3ccc(O)c4c3C3(C1)C(O4)C(=O)CCC3(O)C2. The third kappa shape index (κ3) is 1.68. The van der Waals surface area contributed by atoms with Crippen molar-refractivity contribution in [2.45, 2.75) is 49.2 Å². The lowest BCUT2D eigenvalue weighted by atomic mass is 9.57. The minimum atomic E-state index is -0.953. The van der Waals surface area contributed by atoms with Crippen LogP contribution in [0.25, 0.3) is 0 Å². The number of fused-ring (bicyclic) bond motifs is 1. The molecule has 1 heterocycles. The van der Waals surface area contributed by atoms with Crippen LogP contribution in [0.1, 0.15) is 36.8 Å². The molecule has 25 heavy (non-hydrogen) atoms. The molecular formula is C20H23NO4. The zero-order chi connectivity index (χ0) is 17.4. The van der Waals surface area contributed by atoms with E-state index in [4.69, 9.17) is 4.74 Å². The van der Waals surface area contributed by atoms with Crippen LogP contribution in [0.15, 0.2) is 24.8 Å². The molecule has 4 unspecified atom stereocenters. The van der Waals surface area contributed by atoms with E-state index in [1.54, 1.807) is 6.07 Å². The summed E-state index contributed by atoms with van der Waals surface area (Å²) in [5.41, 5.74) is 0.235. The van der Waals surface area contributed by atoms with Crippen LogP contribution in [0, 0.1) is 5.41 Å². The maximum atomic E-state index is 12.7. The van der Waals surface area contributed by atoms with E-state index in [1.807, 2.05) is 12.1 Å². The van der Waals surface area contributed by atoms with Crippen molar-refractivity contribution in [3.63, 3.8) is 0 Å². The van der Waals surface area contributed by atoms with Gasteiger partial charge in [0.05, 0.1) is 11.0 Å². The van der Waals surface area contributed by atoms with E-state index in [1.165, 1.54) is 0 Å². The molecule has 0 amide bonds. The average Bonchev–Trinajstić information content (AvgIpc) is 3.03. The summed E-state index contributed by atoms with van der Waals surface area (Å²) >= 11 is 0. The highest BCUT2D eigenvalue weighted by atomic mass is 16.5. The van der Waals surface area contributed by atoms with Gasteiger partial charge < -0.3 is 20.3 Å². The Morgan fingerprint density at radius 3 is 3.04 bits per heavy atom. The molecule has 4 aliphatic rings. The number of carbonyl (C=O) groups is 1. The van der Waals surface area contributed by atoms with Crippen LogP contribution >= 0.6 is 0 Å². The molecule has 5 heteroatoms. The minimum Gasteiger partial charge on any atom is -0.504 e. The number of hydrogen-bond donors (Lipinski definition) is 3. The topological polar surface area (TPSA) is 78.8 Å². The number of hydrogen-bond acceptors (Lipinski definition) is 5. The highest BCUT2D eigenvalue weighted by Gasteiger charge is 2.75. The average molecular weight is 341 g/mol. The smallest absolute Gasteiger partial charge is 0.174 e. The van der Waals surface area contributed by atoms with Crippen molar-refractivity contribution < 1.29 is 19.7 Å². The first kappa shape index (κ1) is 15.4. The second-order valence-electron chi connectivity index (χ2n) is 8.36. The number of rotatable bonds is 4. The zero-order valence-electron chi connectivity index (χ0n) is 14.2. The van der Waals surface area contributed by atoms with E-state index in [0.717, 1.165) is 37.1 Å². The Bertz CT molecular complexity index is 805. The van der Waals surface area contributed by atoms with Crippen molar-refractivity contribution >= 4 is 5.78 Å². The normalized spacial score (nSPS) is 39.9. The summed E-state index contributed by atoms with van der Waals surface area (Å²) in [5.74, 6) is 0.538. The lowest BCUT2D eigenvalue weighted by Gasteiger charge is -2.47. The zero-order valence-corrected chi connectivity index (χ0v) is 14.2. The predicted octanol–water partition coefficient (Wildman–Crippen LogP) is 1.60. The summed E-state index contributed by atoms with van der Waals surface area (Å²) in [4.78, 5) is 12.7. The Morgan fingerprint density at radius 1 is 1.40 bits per heavy atom. The third-order valence-electron chi connectivity index (χ3n) is 6.94. The molecule has 1 aromatic carbocycles. The molecule has 0 saturated heterocycles. The van der Waals surface area contributed by atoms with E-state index >= 15 is 0 Å². The molecular weight excluding hydrogens is 318 g/mol. The molecule has 1 spiro atoms. The van der Waals surface area contributed by atoms with Crippen molar-refractivity contribution in [2.75, 3.05) is 13.1 Å². The maximum Gasteiger partial charge on any atom is 0.174 e. The van der Waals surface area contributed by atoms with Crippen molar-refractivity contribution in [3.8, 4) is 11.5 Å². The van der Waals surface area contributed by atoms with Crippen LogP contribution < -0.4 is 10.1 Å². The maximum absolute atomic E-state index is 12.7. The molecule has 2 bridgehead atoms. The molecule has 3 aliphatic carbocycles. The number of nitrogens with one attached hydrogen (secondary N) is 1. The number of aliphatic hydroxyl groups is 1. The summed E-state index contributed by atoms with van der Waals surface area (Å²) in [6.45, 7) is 5.26. The van der Waals surface area contributed by atoms with Crippen molar-refractivity contribution in [3.05, 3.63) is 35.9 Å². The summed E-state index contributed by atoms with van der Waals surface area (Å²) in [6, 6.07) is 3.59. The number of phenolic OH excluding ortho intramolecular Hbond substituents is 1. The highest BCUT2D eigenvalue weighted by Crippen LogP contribution is 2.71. The largest absolute Gasteiger partial charge is 0.504 e. The molecule has 132 valence electrons. The van der Waals surface area contributed by atoms with Crippen LogP contribution in [0.2, 0.25) is 0 Å². The Morgan fingerprint density at radius 2 is 2.24 bits per heavy atom. The van der Waals surface area contributed by atoms with Gasteiger partial charge in [-0.1, -0.05) is 12.1 Å². The van der Waals surface area contributed by atoms with E-state index in [-0.39, 0.29) is 16.9 Å². The van der Waals surface area contributed by atoms with Gasteiger partial charge in [-0.15, -0.1) is 6.58 Å². The fourth-order valence-corrected chi connectivity index (χ4v) is 6.24. The first-order valence-corrected chi connectivity index (χ1v) is 9.03. The number of benzene rings is 1. The Hall–Kier alpha value is -1.85. The van der Waals surface area contributed by atoms with Gasteiger partial charge in [0.25, 0.3) is 0 Å². The summed E-state index contributed by atoms with van der Waals surface area (Å²) in [7, 11) is 0. The van der Waals surface area contributed by atoms with Crippen LogP contribution in [0.3, 0.4) is 0 Å². The standard InChI is InChI=1S/C20H23NO4/c1-2-7-21-11-18-8-12-3-4-13(22)16-15(12)20(10-18)17(25-16)14(23)5-6-19(20,24)9-18/h2-4,17,21-22,24H,1,5-11H2. The van der Waals surface area contributed by atoms with Gasteiger partial charge in [0.1, 0.15) is 0 Å². The molecule has 1 aromatic rings. The monoisotopic (exact) mass is 341 g/mol. The molecule has 4 atom stereocenters. The number of ether oxygens (including phenoxy) is 1. The van der Waals surface area contributed by atoms with E-state index in [9.17, 15) is 15.0 Å². The number of Topliss-reactive ketones (excluding diaryl/α,β-unsaturated/α-hetero) is 1. The van der Waals surface area contributed by atoms with Gasteiger partial charge in [-0.05, 0) is 42.7 Å². The molecule has 2 saturated carbocycles. The predicted molar refractivity (Wildman–Crippen MR) is 91.8 cm³/mol. The fourth-order valence-electron chi connectivity index (χ4n) is 6.24. The lowest BCUT2D eigenvalue weighted by Crippen LogP contribution is -2.60. The second-order valence-corrected chi connectivity index (χ2v) is 8.36. The fraction of sp³-hybridized carbons (Fsp3) is 0.550. The molecule has 0 aromatic heterocycles. The molecule has 1 aliphatic heterocycles. The van der Waals surface area contributed by atoms with Gasteiger partial charge in [-0.25, -0.2) is 0 Å². The Balaban J connectivity index is 1.71.